The first-order valence-corrected chi connectivity index (χ1v) is 10.7. The molecule has 158 valence electrons. The number of halogens is 1. The lowest BCUT2D eigenvalue weighted by molar-refractivity contribution is -0.121. The summed E-state index contributed by atoms with van der Waals surface area (Å²) in [6.45, 7) is 16.4. The van der Waals surface area contributed by atoms with Gasteiger partial charge in [0, 0.05) is 24.7 Å². The van der Waals surface area contributed by atoms with Crippen LogP contribution in [0.2, 0.25) is 5.02 Å². The highest BCUT2D eigenvalue weighted by atomic mass is 35.5. The summed E-state index contributed by atoms with van der Waals surface area (Å²) in [7, 11) is 0. The van der Waals surface area contributed by atoms with Gasteiger partial charge >= 0.3 is 0 Å². The largest absolute Gasteiger partial charge is 0.369 e. The number of Topliss-reactive ketones (excluding diaryl/α,β-unsaturated/α-hetero) is 1. The molecule has 0 saturated heterocycles. The van der Waals surface area contributed by atoms with Crippen LogP contribution in [0.15, 0.2) is 36.5 Å². The number of benzene rings is 1. The summed E-state index contributed by atoms with van der Waals surface area (Å²) >= 11 is 5.99. The highest BCUT2D eigenvalue weighted by Gasteiger charge is 2.27. The molecule has 1 aromatic carbocycles. The van der Waals surface area contributed by atoms with Crippen LogP contribution in [-0.2, 0) is 10.2 Å². The van der Waals surface area contributed by atoms with E-state index >= 15 is 0 Å². The molecule has 0 unspecified atom stereocenters. The van der Waals surface area contributed by atoms with Crippen LogP contribution < -0.4 is 10.2 Å². The quantitative estimate of drug-likeness (QED) is 0.510. The predicted octanol–water partition coefficient (Wildman–Crippen LogP) is 6.46. The Kier molecular flexibility index (Phi) is 7.70. The first-order chi connectivity index (χ1) is 13.5. The first kappa shape index (κ1) is 23.2. The summed E-state index contributed by atoms with van der Waals surface area (Å²) in [5.41, 5.74) is 2.50. The molecule has 0 radical (unpaired) electrons. The number of ketones is 1. The molecule has 1 aromatic heterocycles. The van der Waals surface area contributed by atoms with Crippen molar-refractivity contribution in [2.75, 3.05) is 23.3 Å². The number of nitrogens with one attached hydrogen (secondary N) is 1. The second-order valence-electron chi connectivity index (χ2n) is 9.09. The van der Waals surface area contributed by atoms with Gasteiger partial charge in [0.2, 0.25) is 0 Å². The third kappa shape index (κ3) is 6.20. The maximum Gasteiger partial charge on any atom is 0.139 e. The average molecular weight is 416 g/mol. The molecule has 0 atom stereocenters. The van der Waals surface area contributed by atoms with E-state index in [4.69, 9.17) is 11.6 Å². The average Bonchev–Trinajstić information content (AvgIpc) is 2.62. The molecule has 0 fully saturated rings. The lowest BCUT2D eigenvalue weighted by atomic mass is 9.81. The van der Waals surface area contributed by atoms with Crippen LogP contribution in [0.3, 0.4) is 0 Å². The minimum atomic E-state index is -0.552. The maximum absolute atomic E-state index is 12.2. The van der Waals surface area contributed by atoms with Crippen LogP contribution in [0, 0.1) is 11.8 Å². The molecule has 0 aliphatic carbocycles. The third-order valence-electron chi connectivity index (χ3n) is 5.10. The SMILES string of the molecule is CC(=O)C(C)(C)c1ccc(N(CC(C)C)CC(C)C)c(Nc2ccc(Cl)cn2)c1. The van der Waals surface area contributed by atoms with Gasteiger partial charge in [-0.3, -0.25) is 4.79 Å². The maximum atomic E-state index is 12.2. The smallest absolute Gasteiger partial charge is 0.139 e. The Hall–Kier alpha value is -2.07. The van der Waals surface area contributed by atoms with Gasteiger partial charge in [0.1, 0.15) is 11.6 Å². The molecular weight excluding hydrogens is 382 g/mol. The van der Waals surface area contributed by atoms with Gasteiger partial charge in [0.15, 0.2) is 0 Å². The highest BCUT2D eigenvalue weighted by molar-refractivity contribution is 6.30. The molecule has 0 bridgehead atoms. The second kappa shape index (κ2) is 9.62. The van der Waals surface area contributed by atoms with E-state index in [0.717, 1.165) is 35.8 Å². The van der Waals surface area contributed by atoms with Crippen molar-refractivity contribution in [3.63, 3.8) is 0 Å². The van der Waals surface area contributed by atoms with E-state index in [9.17, 15) is 4.79 Å². The van der Waals surface area contributed by atoms with E-state index in [2.05, 4.69) is 61.1 Å². The van der Waals surface area contributed by atoms with E-state index in [1.807, 2.05) is 26.0 Å². The van der Waals surface area contributed by atoms with Crippen LogP contribution in [0.5, 0.6) is 0 Å². The van der Waals surface area contributed by atoms with Crippen LogP contribution in [0.4, 0.5) is 17.2 Å². The van der Waals surface area contributed by atoms with Gasteiger partial charge in [-0.05, 0) is 62.4 Å². The molecule has 5 heteroatoms. The number of aromatic nitrogens is 1. The lowest BCUT2D eigenvalue weighted by Gasteiger charge is -2.32. The number of carbonyl (C=O) groups is 1. The zero-order valence-electron chi connectivity index (χ0n) is 18.7. The summed E-state index contributed by atoms with van der Waals surface area (Å²) in [4.78, 5) is 19.0. The first-order valence-electron chi connectivity index (χ1n) is 10.3. The van der Waals surface area contributed by atoms with Crippen molar-refractivity contribution in [2.45, 2.75) is 53.9 Å². The molecule has 4 nitrogen and oxygen atoms in total. The van der Waals surface area contributed by atoms with Crippen molar-refractivity contribution in [2.24, 2.45) is 11.8 Å². The van der Waals surface area contributed by atoms with Gasteiger partial charge < -0.3 is 10.2 Å². The summed E-state index contributed by atoms with van der Waals surface area (Å²) in [6, 6.07) is 9.97. The van der Waals surface area contributed by atoms with Crippen molar-refractivity contribution in [1.82, 2.24) is 4.98 Å². The van der Waals surface area contributed by atoms with E-state index in [0.29, 0.717) is 16.9 Å². The number of anilines is 3. The van der Waals surface area contributed by atoms with Crippen molar-refractivity contribution in [3.05, 3.63) is 47.1 Å². The summed E-state index contributed by atoms with van der Waals surface area (Å²) in [6.07, 6.45) is 1.63. The number of hydrogen-bond donors (Lipinski definition) is 1. The van der Waals surface area contributed by atoms with Gasteiger partial charge in [-0.25, -0.2) is 4.98 Å². The number of hydrogen-bond acceptors (Lipinski definition) is 4. The van der Waals surface area contributed by atoms with Crippen molar-refractivity contribution in [3.8, 4) is 0 Å². The molecule has 0 aliphatic rings. The van der Waals surface area contributed by atoms with Gasteiger partial charge in [-0.1, -0.05) is 45.4 Å². The van der Waals surface area contributed by atoms with Crippen molar-refractivity contribution >= 4 is 34.6 Å². The Morgan fingerprint density at radius 3 is 2.21 bits per heavy atom. The minimum Gasteiger partial charge on any atom is -0.369 e. The Morgan fingerprint density at radius 1 is 1.10 bits per heavy atom. The molecule has 2 rings (SSSR count). The third-order valence-corrected chi connectivity index (χ3v) is 5.32. The number of rotatable bonds is 9. The van der Waals surface area contributed by atoms with Gasteiger partial charge in [0.25, 0.3) is 0 Å². The van der Waals surface area contributed by atoms with E-state index < -0.39 is 5.41 Å². The fraction of sp³-hybridized carbons (Fsp3) is 0.500. The molecule has 29 heavy (non-hydrogen) atoms. The Labute approximate surface area is 180 Å². The van der Waals surface area contributed by atoms with Gasteiger partial charge in [0.05, 0.1) is 16.4 Å². The standard InChI is InChI=1S/C24H34ClN3O/c1-16(2)14-28(15-17(3)4)22-10-8-19(24(6,7)18(5)29)12-21(22)27-23-11-9-20(25)13-26-23/h8-13,16-17H,14-15H2,1-7H3,(H,26,27). The number of carbonyl (C=O) groups excluding carboxylic acids is 1. The molecule has 0 saturated carbocycles. The minimum absolute atomic E-state index is 0.141. The summed E-state index contributed by atoms with van der Waals surface area (Å²) in [5, 5.41) is 4.06. The fourth-order valence-electron chi connectivity index (χ4n) is 3.24. The van der Waals surface area contributed by atoms with E-state index in [-0.39, 0.29) is 5.78 Å². The molecule has 1 heterocycles. The predicted molar refractivity (Wildman–Crippen MR) is 125 cm³/mol. The molecular formula is C24H34ClN3O. The van der Waals surface area contributed by atoms with E-state index in [1.54, 1.807) is 13.1 Å². The number of pyridine rings is 1. The lowest BCUT2D eigenvalue weighted by Crippen LogP contribution is -2.32. The summed E-state index contributed by atoms with van der Waals surface area (Å²) < 4.78 is 0. The van der Waals surface area contributed by atoms with Crippen molar-refractivity contribution < 1.29 is 4.79 Å². The van der Waals surface area contributed by atoms with Crippen molar-refractivity contribution in [1.29, 1.82) is 0 Å². The second-order valence-corrected chi connectivity index (χ2v) is 9.53. The highest BCUT2D eigenvalue weighted by Crippen LogP contribution is 2.35. The Bertz CT molecular complexity index is 819. The Morgan fingerprint density at radius 2 is 1.72 bits per heavy atom. The van der Waals surface area contributed by atoms with Crippen LogP contribution in [-0.4, -0.2) is 23.9 Å². The molecule has 0 aliphatic heterocycles. The molecule has 0 spiro atoms. The van der Waals surface area contributed by atoms with Crippen LogP contribution in [0.25, 0.3) is 0 Å². The Balaban J connectivity index is 2.55. The van der Waals surface area contributed by atoms with E-state index in [1.165, 1.54) is 0 Å². The van der Waals surface area contributed by atoms with Gasteiger partial charge in [-0.2, -0.15) is 0 Å². The normalized spacial score (nSPS) is 11.8. The molecule has 1 N–H and O–H groups in total. The zero-order chi connectivity index (χ0) is 21.8. The zero-order valence-corrected chi connectivity index (χ0v) is 19.5. The molecule has 2 aromatic rings. The number of nitrogens with zero attached hydrogens (tertiary/aromatic N) is 2. The van der Waals surface area contributed by atoms with Crippen LogP contribution >= 0.6 is 11.6 Å². The van der Waals surface area contributed by atoms with Crippen LogP contribution in [0.1, 0.15) is 54.0 Å². The van der Waals surface area contributed by atoms with Gasteiger partial charge in [-0.15, -0.1) is 0 Å². The molecule has 0 amide bonds. The topological polar surface area (TPSA) is 45.2 Å². The fourth-order valence-corrected chi connectivity index (χ4v) is 3.36. The monoisotopic (exact) mass is 415 g/mol. The summed E-state index contributed by atoms with van der Waals surface area (Å²) in [5.74, 6) is 1.93.